The number of rotatable bonds is 14. The molecule has 0 fully saturated rings. The van der Waals surface area contributed by atoms with Crippen LogP contribution in [0, 0.1) is 0 Å². The summed E-state index contributed by atoms with van der Waals surface area (Å²) in [6.07, 6.45) is 0. The summed E-state index contributed by atoms with van der Waals surface area (Å²) in [6, 6.07) is 23.7. The largest absolute Gasteiger partial charge is 1.00 e. The Balaban J connectivity index is 0.000000906. The predicted molar refractivity (Wildman–Crippen MR) is 248 cm³/mol. The number of carbonyl (C=O) groups excluding carboxylic acids is 1. The van der Waals surface area contributed by atoms with Gasteiger partial charge in [-0.25, -0.2) is 13.2 Å². The van der Waals surface area contributed by atoms with Crippen LogP contribution in [0.5, 0.6) is 17.2 Å². The number of nitrogens with zero attached hydrogens (tertiary/aromatic N) is 5. The van der Waals surface area contributed by atoms with E-state index in [1.807, 2.05) is 11.9 Å². The quantitative estimate of drug-likeness (QED) is 0.0426. The molecule has 0 saturated carbocycles. The molecule has 0 bridgehead atoms. The minimum Gasteiger partial charge on any atom is -0.744 e. The van der Waals surface area contributed by atoms with Crippen LogP contribution >= 0.6 is 0 Å². The molecule has 0 radical (unpaired) electrons. The summed E-state index contributed by atoms with van der Waals surface area (Å²) < 4.78 is 109. The van der Waals surface area contributed by atoms with Crippen LogP contribution in [0.4, 0.5) is 38.9 Å². The zero-order chi connectivity index (χ0) is 49.6. The number of phenolic OH excluding ortho intramolecular Hbond substituents is 2. The van der Waals surface area contributed by atoms with Crippen molar-refractivity contribution in [2.24, 2.45) is 20.5 Å². The first-order valence-corrected chi connectivity index (χ1v) is 23.9. The molecule has 0 heterocycles. The van der Waals surface area contributed by atoms with E-state index < -0.39 is 69.1 Å². The van der Waals surface area contributed by atoms with Gasteiger partial charge >= 0.3 is 35.6 Å². The number of amides is 2. The van der Waals surface area contributed by atoms with Crippen LogP contribution in [-0.2, 0) is 30.4 Å². The molecular weight excluding hydrogens is 974 g/mol. The third-order valence-corrected chi connectivity index (χ3v) is 12.4. The van der Waals surface area contributed by atoms with E-state index in [0.717, 1.165) is 12.1 Å². The average Bonchev–Trinajstić information content (AvgIpc) is 3.27. The molecule has 0 saturated heterocycles. The monoisotopic (exact) mass is 1010 g/mol. The zero-order valence-electron chi connectivity index (χ0n) is 36.5. The van der Waals surface area contributed by atoms with Gasteiger partial charge in [-0.05, 0) is 114 Å². The number of likely N-dealkylation sites (N-methyl/N-ethyl adjacent to an activating group) is 1. The number of phenols is 2. The van der Waals surface area contributed by atoms with Crippen LogP contribution < -0.4 is 44.9 Å². The fraction of sp³-hybridized carbons (Fsp3) is 0.140. The third-order valence-electron chi connectivity index (χ3n) is 9.83. The molecule has 26 heteroatoms. The molecule has 69 heavy (non-hydrogen) atoms. The Morgan fingerprint density at radius 1 is 0.638 bits per heavy atom. The van der Waals surface area contributed by atoms with Crippen molar-refractivity contribution in [3.05, 3.63) is 109 Å². The summed E-state index contributed by atoms with van der Waals surface area (Å²) in [7, 11) is -11.4. The normalized spacial score (nSPS) is 12.1. The zero-order valence-corrected chi connectivity index (χ0v) is 41.0. The number of para-hydroxylation sites is 1. The molecule has 0 aliphatic carbocycles. The maximum atomic E-state index is 13.1. The minimum atomic E-state index is -5.27. The Hall–Kier alpha value is -6.20. The van der Waals surface area contributed by atoms with Gasteiger partial charge < -0.3 is 45.2 Å². The van der Waals surface area contributed by atoms with Crippen LogP contribution in [0.15, 0.2) is 144 Å². The number of azo groups is 2. The first kappa shape index (κ1) is 53.8. The number of anilines is 2. The van der Waals surface area contributed by atoms with Gasteiger partial charge in [0.05, 0.1) is 35.8 Å². The van der Waals surface area contributed by atoms with Crippen molar-refractivity contribution in [1.29, 1.82) is 0 Å². The van der Waals surface area contributed by atoms with Gasteiger partial charge in [-0.3, -0.25) is 9.11 Å². The molecule has 0 aliphatic rings. The Morgan fingerprint density at radius 2 is 1.16 bits per heavy atom. The van der Waals surface area contributed by atoms with Gasteiger partial charge in [0, 0.05) is 35.2 Å². The molecule has 0 spiro atoms. The number of nitrogens with one attached hydrogen (secondary N) is 2. The molecule has 8 N–H and O–H groups in total. The second kappa shape index (κ2) is 22.5. The first-order valence-electron chi connectivity index (χ1n) is 19.6. The smallest absolute Gasteiger partial charge is 0.744 e. The SMILES string of the molecule is CN(CCO)CCO.COc1ccccc1N=Nc1c(S(=O)(=O)O)cc2cc(NC(=O)Nc3ccc4c(O)c(N=Nc5ccc6cc(S(=O)(=O)O)ccc6c5)c(S(=O)(=O)[O-])cc4c3)ccc2c1O.[Na+]. The number of methoxy groups -OCH3 is 1. The van der Waals surface area contributed by atoms with Gasteiger partial charge in [0.15, 0.2) is 11.5 Å². The van der Waals surface area contributed by atoms with Gasteiger partial charge in [-0.15, -0.1) is 15.3 Å². The van der Waals surface area contributed by atoms with E-state index in [1.165, 1.54) is 86.0 Å². The molecular formula is C43H40N7NaO15S3. The van der Waals surface area contributed by atoms with Crippen molar-refractivity contribution in [2.45, 2.75) is 14.7 Å². The van der Waals surface area contributed by atoms with Gasteiger partial charge in [0.1, 0.15) is 37.8 Å². The standard InChI is InChI=1S/C38H28N6O13S3.C5H13NO2.Na/c1-57-31-5-3-2-4-30(31)42-44-35-33(60(54,55)56)19-23-16-25(10-13-29(23)37(35)46)40-38(47)39-24-9-12-28-22(15-24)18-32(59(51,52)53)34(36(28)45)43-41-26-8-6-21-17-27(58(48,49)50)11-7-20(21)14-26;1-6(2-4-7)3-5-8;/h2-19,45-46H,1H3,(H2,39,40,47)(H,48,49,50)(H,51,52,53)(H,54,55,56);7-8H,2-5H2,1H3;/q;;+1/p-1. The topological polar surface area (TPSA) is 350 Å². The number of urea groups is 1. The van der Waals surface area contributed by atoms with E-state index in [-0.39, 0.29) is 92.0 Å². The molecule has 2 amide bonds. The van der Waals surface area contributed by atoms with Crippen molar-refractivity contribution in [3.8, 4) is 17.2 Å². The van der Waals surface area contributed by atoms with Crippen LogP contribution in [0.2, 0.25) is 0 Å². The van der Waals surface area contributed by atoms with Crippen molar-refractivity contribution in [3.63, 3.8) is 0 Å². The van der Waals surface area contributed by atoms with Crippen molar-refractivity contribution in [1.82, 2.24) is 4.90 Å². The number of aliphatic hydroxyl groups is 2. The molecule has 7 rings (SSSR count). The third kappa shape index (κ3) is 13.3. The van der Waals surface area contributed by atoms with Crippen molar-refractivity contribution in [2.75, 3.05) is 51.1 Å². The fourth-order valence-corrected chi connectivity index (χ4v) is 8.36. The van der Waals surface area contributed by atoms with Crippen LogP contribution in [0.25, 0.3) is 32.3 Å². The Bertz CT molecular complexity index is 3480. The summed E-state index contributed by atoms with van der Waals surface area (Å²) in [5.41, 5.74) is -0.685. The van der Waals surface area contributed by atoms with Gasteiger partial charge in [0.25, 0.3) is 20.2 Å². The van der Waals surface area contributed by atoms with Crippen molar-refractivity contribution >= 4 is 103 Å². The van der Waals surface area contributed by atoms with Gasteiger partial charge in [0.2, 0.25) is 0 Å². The maximum absolute atomic E-state index is 13.1. The van der Waals surface area contributed by atoms with Crippen molar-refractivity contribution < 1.29 is 98.4 Å². The fourth-order valence-electron chi connectivity index (χ4n) is 6.54. The molecule has 356 valence electrons. The number of hydrogen-bond donors (Lipinski definition) is 8. The van der Waals surface area contributed by atoms with E-state index in [0.29, 0.717) is 29.6 Å². The molecule has 7 aromatic rings. The predicted octanol–water partition coefficient (Wildman–Crippen LogP) is 4.35. The van der Waals surface area contributed by atoms with E-state index in [2.05, 4.69) is 31.1 Å². The Morgan fingerprint density at radius 3 is 1.70 bits per heavy atom. The summed E-state index contributed by atoms with van der Waals surface area (Å²) in [4.78, 5) is 12.9. The minimum absolute atomic E-state index is 0. The second-order valence-electron chi connectivity index (χ2n) is 14.5. The van der Waals surface area contributed by atoms with E-state index in [4.69, 9.17) is 14.9 Å². The van der Waals surface area contributed by atoms with Gasteiger partial charge in [-0.2, -0.15) is 21.9 Å². The summed E-state index contributed by atoms with van der Waals surface area (Å²) in [5.74, 6) is -1.04. The van der Waals surface area contributed by atoms with Gasteiger partial charge in [-0.1, -0.05) is 24.3 Å². The molecule has 0 unspecified atom stereocenters. The average molecular weight is 1010 g/mol. The Kier molecular flexibility index (Phi) is 17.5. The van der Waals surface area contributed by atoms with E-state index >= 15 is 0 Å². The van der Waals surface area contributed by atoms with E-state index in [9.17, 15) is 53.9 Å². The number of fused-ring (bicyclic) bond motifs is 3. The number of hydrogen-bond acceptors (Lipinski definition) is 18. The molecule has 0 aromatic heterocycles. The first-order chi connectivity index (χ1) is 32.1. The molecule has 22 nitrogen and oxygen atoms in total. The number of aromatic hydroxyl groups is 2. The van der Waals surface area contributed by atoms with Crippen LogP contribution in [0.3, 0.4) is 0 Å². The molecule has 0 aliphatic heterocycles. The molecule has 0 atom stereocenters. The number of benzene rings is 7. The summed E-state index contributed by atoms with van der Waals surface area (Å²) in [6.45, 7) is 1.61. The second-order valence-corrected chi connectivity index (χ2v) is 18.7. The molecule has 7 aromatic carbocycles. The Labute approximate surface area is 416 Å². The maximum Gasteiger partial charge on any atom is 1.00 e. The number of aliphatic hydroxyl groups excluding tert-OH is 2. The van der Waals surface area contributed by atoms with Crippen LogP contribution in [-0.4, -0.2) is 111 Å². The van der Waals surface area contributed by atoms with Crippen LogP contribution in [0.1, 0.15) is 0 Å². The number of carbonyl (C=O) groups is 1. The summed E-state index contributed by atoms with van der Waals surface area (Å²) in [5, 5.41) is 60.7. The van der Waals surface area contributed by atoms with E-state index in [1.54, 1.807) is 18.2 Å². The summed E-state index contributed by atoms with van der Waals surface area (Å²) >= 11 is 0. The number of ether oxygens (including phenoxy) is 1.